The predicted octanol–water partition coefficient (Wildman–Crippen LogP) is 1.98. The summed E-state index contributed by atoms with van der Waals surface area (Å²) in [5.74, 6) is -0.417. The molecule has 4 N–H and O–H groups in total. The molecule has 1 unspecified atom stereocenters. The van der Waals surface area contributed by atoms with Gasteiger partial charge in [0, 0.05) is 22.0 Å². The van der Waals surface area contributed by atoms with Gasteiger partial charge in [-0.2, -0.15) is 0 Å². The van der Waals surface area contributed by atoms with Gasteiger partial charge in [0.15, 0.2) is 0 Å². The number of amides is 1. The van der Waals surface area contributed by atoms with Crippen molar-refractivity contribution in [2.75, 3.05) is 0 Å². The monoisotopic (exact) mass is 276 g/mol. The minimum Gasteiger partial charge on any atom is -0.370 e. The molecular formula is C9H10BrClN2O. The number of nitrogens with two attached hydrogens (primary N) is 2. The summed E-state index contributed by atoms with van der Waals surface area (Å²) in [4.78, 5) is 10.7. The van der Waals surface area contributed by atoms with Gasteiger partial charge in [0.25, 0.3) is 0 Å². The van der Waals surface area contributed by atoms with Crippen molar-refractivity contribution < 1.29 is 4.79 Å². The number of hydrogen-bond acceptors (Lipinski definition) is 2. The fourth-order valence-corrected chi connectivity index (χ4v) is 2.11. The fourth-order valence-electron chi connectivity index (χ4n) is 1.13. The Kier molecular flexibility index (Phi) is 3.92. The smallest absolute Gasteiger partial charge is 0.219 e. The second-order valence-electron chi connectivity index (χ2n) is 2.94. The third kappa shape index (κ3) is 2.97. The zero-order valence-electron chi connectivity index (χ0n) is 7.34. The molecule has 0 aliphatic carbocycles. The number of carbonyl (C=O) groups excluding carboxylic acids is 1. The third-order valence-corrected chi connectivity index (χ3v) is 2.70. The largest absolute Gasteiger partial charge is 0.370 e. The van der Waals surface area contributed by atoms with Gasteiger partial charge in [-0.05, 0) is 17.7 Å². The van der Waals surface area contributed by atoms with Crippen LogP contribution in [-0.4, -0.2) is 5.91 Å². The van der Waals surface area contributed by atoms with Crippen LogP contribution in [0.15, 0.2) is 22.7 Å². The van der Waals surface area contributed by atoms with Gasteiger partial charge >= 0.3 is 0 Å². The number of benzene rings is 1. The molecule has 0 spiro atoms. The van der Waals surface area contributed by atoms with Crippen molar-refractivity contribution in [2.45, 2.75) is 12.5 Å². The van der Waals surface area contributed by atoms with E-state index in [1.165, 1.54) is 0 Å². The maximum absolute atomic E-state index is 10.7. The van der Waals surface area contributed by atoms with Crippen molar-refractivity contribution in [2.24, 2.45) is 11.5 Å². The summed E-state index contributed by atoms with van der Waals surface area (Å²) in [6.07, 6.45) is 0.125. The summed E-state index contributed by atoms with van der Waals surface area (Å²) in [5.41, 5.74) is 11.7. The number of primary amides is 1. The molecule has 1 aromatic rings. The molecule has 0 aliphatic rings. The normalized spacial score (nSPS) is 12.5. The van der Waals surface area contributed by atoms with Crippen LogP contribution in [0, 0.1) is 0 Å². The van der Waals surface area contributed by atoms with Gasteiger partial charge in [-0.25, -0.2) is 0 Å². The van der Waals surface area contributed by atoms with Crippen LogP contribution in [0.2, 0.25) is 5.02 Å². The highest BCUT2D eigenvalue weighted by Gasteiger charge is 2.12. The lowest BCUT2D eigenvalue weighted by atomic mass is 10.0. The summed E-state index contributed by atoms with van der Waals surface area (Å²) >= 11 is 9.09. The molecule has 3 nitrogen and oxygen atoms in total. The molecule has 1 aromatic carbocycles. The molecule has 0 aromatic heterocycles. The first-order valence-corrected chi connectivity index (χ1v) is 5.16. The number of halogens is 2. The zero-order chi connectivity index (χ0) is 10.7. The average molecular weight is 278 g/mol. The summed E-state index contributed by atoms with van der Waals surface area (Å²) in [7, 11) is 0. The van der Waals surface area contributed by atoms with E-state index in [0.717, 1.165) is 10.0 Å². The predicted molar refractivity (Wildman–Crippen MR) is 59.9 cm³/mol. The Morgan fingerprint density at radius 3 is 2.71 bits per heavy atom. The van der Waals surface area contributed by atoms with E-state index < -0.39 is 5.91 Å². The second-order valence-corrected chi connectivity index (χ2v) is 4.23. The molecule has 0 bridgehead atoms. The van der Waals surface area contributed by atoms with Gasteiger partial charge in [-0.3, -0.25) is 4.79 Å². The number of rotatable bonds is 3. The van der Waals surface area contributed by atoms with Gasteiger partial charge in [-0.15, -0.1) is 0 Å². The molecule has 0 saturated carbocycles. The third-order valence-electron chi connectivity index (χ3n) is 1.78. The van der Waals surface area contributed by atoms with Crippen LogP contribution in [0.5, 0.6) is 0 Å². The molecule has 14 heavy (non-hydrogen) atoms. The Morgan fingerprint density at radius 1 is 1.57 bits per heavy atom. The van der Waals surface area contributed by atoms with E-state index in [1.54, 1.807) is 18.2 Å². The SMILES string of the molecule is NC(=O)CC(N)c1ccc(Cl)cc1Br. The standard InChI is InChI=1S/C9H10BrClN2O/c10-7-3-5(11)1-2-6(7)8(12)4-9(13)14/h1-3,8H,4,12H2,(H2,13,14). The maximum Gasteiger partial charge on any atom is 0.219 e. The zero-order valence-corrected chi connectivity index (χ0v) is 9.68. The molecule has 1 atom stereocenters. The first-order chi connectivity index (χ1) is 6.50. The number of hydrogen-bond donors (Lipinski definition) is 2. The first kappa shape index (κ1) is 11.5. The molecule has 1 rings (SSSR count). The van der Waals surface area contributed by atoms with Gasteiger partial charge in [0.1, 0.15) is 0 Å². The van der Waals surface area contributed by atoms with Crippen molar-refractivity contribution in [3.63, 3.8) is 0 Å². The fraction of sp³-hybridized carbons (Fsp3) is 0.222. The highest BCUT2D eigenvalue weighted by molar-refractivity contribution is 9.10. The Labute approximate surface area is 95.5 Å². The lowest BCUT2D eigenvalue weighted by Crippen LogP contribution is -2.20. The molecule has 76 valence electrons. The Bertz CT molecular complexity index is 357. The summed E-state index contributed by atoms with van der Waals surface area (Å²) < 4.78 is 0.791. The lowest BCUT2D eigenvalue weighted by Gasteiger charge is -2.11. The highest BCUT2D eigenvalue weighted by Crippen LogP contribution is 2.26. The van der Waals surface area contributed by atoms with Crippen LogP contribution in [0.3, 0.4) is 0 Å². The summed E-state index contributed by atoms with van der Waals surface area (Å²) in [5, 5.41) is 0.618. The van der Waals surface area contributed by atoms with Crippen molar-refractivity contribution in [1.29, 1.82) is 0 Å². The van der Waals surface area contributed by atoms with E-state index in [4.69, 9.17) is 23.1 Å². The summed E-state index contributed by atoms with van der Waals surface area (Å²) in [6.45, 7) is 0. The molecule has 0 heterocycles. The van der Waals surface area contributed by atoms with E-state index in [0.29, 0.717) is 5.02 Å². The molecule has 0 radical (unpaired) electrons. The molecule has 0 fully saturated rings. The van der Waals surface area contributed by atoms with Gasteiger partial charge in [0.2, 0.25) is 5.91 Å². The van der Waals surface area contributed by atoms with Crippen molar-refractivity contribution in [3.05, 3.63) is 33.3 Å². The van der Waals surface area contributed by atoms with E-state index in [-0.39, 0.29) is 12.5 Å². The van der Waals surface area contributed by atoms with Crippen LogP contribution < -0.4 is 11.5 Å². The van der Waals surface area contributed by atoms with E-state index in [2.05, 4.69) is 15.9 Å². The highest BCUT2D eigenvalue weighted by atomic mass is 79.9. The quantitative estimate of drug-likeness (QED) is 0.887. The van der Waals surface area contributed by atoms with E-state index in [9.17, 15) is 4.79 Å². The number of carbonyl (C=O) groups is 1. The van der Waals surface area contributed by atoms with Crippen molar-refractivity contribution in [1.82, 2.24) is 0 Å². The van der Waals surface area contributed by atoms with Crippen LogP contribution in [0.25, 0.3) is 0 Å². The van der Waals surface area contributed by atoms with Gasteiger partial charge < -0.3 is 11.5 Å². The van der Waals surface area contributed by atoms with Crippen LogP contribution in [0.1, 0.15) is 18.0 Å². The van der Waals surface area contributed by atoms with E-state index >= 15 is 0 Å². The van der Waals surface area contributed by atoms with Crippen LogP contribution >= 0.6 is 27.5 Å². The second kappa shape index (κ2) is 4.77. The maximum atomic E-state index is 10.7. The molecular weight excluding hydrogens is 267 g/mol. The van der Waals surface area contributed by atoms with Gasteiger partial charge in [-0.1, -0.05) is 33.6 Å². The van der Waals surface area contributed by atoms with Crippen molar-refractivity contribution in [3.8, 4) is 0 Å². The molecule has 0 aliphatic heterocycles. The van der Waals surface area contributed by atoms with Crippen LogP contribution in [0.4, 0.5) is 0 Å². The first-order valence-electron chi connectivity index (χ1n) is 3.99. The minimum atomic E-state index is -0.417. The Morgan fingerprint density at radius 2 is 2.21 bits per heavy atom. The average Bonchev–Trinajstić information content (AvgIpc) is 2.01. The Hall–Kier alpha value is -0.580. The topological polar surface area (TPSA) is 69.1 Å². The minimum absolute atomic E-state index is 0.125. The Balaban J connectivity index is 2.90. The summed E-state index contributed by atoms with van der Waals surface area (Å²) in [6, 6.07) is 4.85. The van der Waals surface area contributed by atoms with Gasteiger partial charge in [0.05, 0.1) is 0 Å². The lowest BCUT2D eigenvalue weighted by molar-refractivity contribution is -0.118. The van der Waals surface area contributed by atoms with Crippen LogP contribution in [-0.2, 0) is 4.79 Å². The van der Waals surface area contributed by atoms with E-state index in [1.807, 2.05) is 0 Å². The molecule has 5 heteroatoms. The molecule has 1 amide bonds. The molecule has 0 saturated heterocycles. The van der Waals surface area contributed by atoms with Crippen molar-refractivity contribution >= 4 is 33.4 Å².